The zero-order valence-electron chi connectivity index (χ0n) is 12.1. The van der Waals surface area contributed by atoms with Crippen molar-refractivity contribution in [3.05, 3.63) is 29.8 Å². The molecule has 0 aliphatic rings. The van der Waals surface area contributed by atoms with Crippen molar-refractivity contribution >= 4 is 11.9 Å². The normalized spacial score (nSPS) is 13.4. The molecular formula is C15H20FNO5. The third-order valence-corrected chi connectivity index (χ3v) is 3.16. The van der Waals surface area contributed by atoms with Crippen LogP contribution in [0, 0.1) is 5.92 Å². The van der Waals surface area contributed by atoms with Gasteiger partial charge < -0.3 is 20.7 Å². The van der Waals surface area contributed by atoms with E-state index in [0.717, 1.165) is 5.56 Å². The molecule has 0 bridgehead atoms. The van der Waals surface area contributed by atoms with Gasteiger partial charge in [-0.15, -0.1) is 0 Å². The Balaban J connectivity index is 2.62. The summed E-state index contributed by atoms with van der Waals surface area (Å²) in [5, 5.41) is 17.9. The van der Waals surface area contributed by atoms with Gasteiger partial charge in [-0.2, -0.15) is 0 Å². The van der Waals surface area contributed by atoms with Gasteiger partial charge in [-0.3, -0.25) is 14.0 Å². The lowest BCUT2D eigenvalue weighted by Gasteiger charge is -2.15. The van der Waals surface area contributed by atoms with Gasteiger partial charge in [0.05, 0.1) is 19.2 Å². The minimum absolute atomic E-state index is 0.139. The highest BCUT2D eigenvalue weighted by Gasteiger charge is 2.24. The first-order chi connectivity index (χ1) is 10.4. The molecule has 1 aromatic carbocycles. The zero-order valence-corrected chi connectivity index (χ0v) is 12.1. The molecule has 4 N–H and O–H groups in total. The predicted molar refractivity (Wildman–Crippen MR) is 77.6 cm³/mol. The van der Waals surface area contributed by atoms with Gasteiger partial charge in [0, 0.05) is 6.42 Å². The smallest absolute Gasteiger partial charge is 0.320 e. The van der Waals surface area contributed by atoms with E-state index in [1.54, 1.807) is 24.3 Å². The summed E-state index contributed by atoms with van der Waals surface area (Å²) >= 11 is 0. The van der Waals surface area contributed by atoms with Gasteiger partial charge in [0.1, 0.15) is 11.8 Å². The van der Waals surface area contributed by atoms with Gasteiger partial charge in [0.15, 0.2) is 0 Å². The molecule has 22 heavy (non-hydrogen) atoms. The van der Waals surface area contributed by atoms with Crippen LogP contribution >= 0.6 is 0 Å². The fraction of sp³-hybridized carbons (Fsp3) is 0.467. The Morgan fingerprint density at radius 3 is 2.32 bits per heavy atom. The quantitative estimate of drug-likeness (QED) is 0.564. The number of alkyl halides is 1. The van der Waals surface area contributed by atoms with E-state index in [1.807, 2.05) is 0 Å². The molecule has 7 heteroatoms. The highest BCUT2D eigenvalue weighted by molar-refractivity contribution is 5.76. The van der Waals surface area contributed by atoms with Crippen molar-refractivity contribution in [3.8, 4) is 5.75 Å². The van der Waals surface area contributed by atoms with Crippen molar-refractivity contribution in [2.45, 2.75) is 25.3 Å². The first-order valence-electron chi connectivity index (χ1n) is 6.93. The van der Waals surface area contributed by atoms with Gasteiger partial charge in [-0.05, 0) is 30.5 Å². The molecule has 0 amide bonds. The maximum atomic E-state index is 12.0. The summed E-state index contributed by atoms with van der Waals surface area (Å²) in [5.74, 6) is -2.60. The maximum absolute atomic E-state index is 12.0. The molecule has 0 saturated carbocycles. The van der Waals surface area contributed by atoms with Gasteiger partial charge in [-0.25, -0.2) is 0 Å². The molecule has 0 fully saturated rings. The number of nitrogens with two attached hydrogens (primary N) is 1. The van der Waals surface area contributed by atoms with E-state index in [9.17, 15) is 14.0 Å². The van der Waals surface area contributed by atoms with Crippen molar-refractivity contribution in [1.29, 1.82) is 0 Å². The molecule has 122 valence electrons. The van der Waals surface area contributed by atoms with E-state index in [-0.39, 0.29) is 19.4 Å². The van der Waals surface area contributed by atoms with Crippen LogP contribution in [-0.4, -0.2) is 41.5 Å². The topological polar surface area (TPSA) is 110 Å². The van der Waals surface area contributed by atoms with Crippen molar-refractivity contribution < 1.29 is 28.9 Å². The molecule has 2 atom stereocenters. The Morgan fingerprint density at radius 1 is 1.18 bits per heavy atom. The molecule has 6 nitrogen and oxygen atoms in total. The minimum atomic E-state index is -1.22. The highest BCUT2D eigenvalue weighted by atomic mass is 19.1. The number of carboxylic acid groups (broad SMARTS) is 2. The van der Waals surface area contributed by atoms with Gasteiger partial charge in [0.25, 0.3) is 0 Å². The van der Waals surface area contributed by atoms with E-state index in [1.165, 1.54) is 0 Å². The van der Waals surface area contributed by atoms with Crippen molar-refractivity contribution in [3.63, 3.8) is 0 Å². The maximum Gasteiger partial charge on any atom is 0.320 e. The molecule has 0 aromatic heterocycles. The predicted octanol–water partition coefficient (Wildman–Crippen LogP) is 1.47. The number of rotatable bonds is 10. The molecule has 1 rings (SSSR count). The summed E-state index contributed by atoms with van der Waals surface area (Å²) in [7, 11) is 0. The number of aliphatic carboxylic acids is 2. The molecule has 0 saturated heterocycles. The van der Waals surface area contributed by atoms with Crippen molar-refractivity contribution in [2.24, 2.45) is 11.7 Å². The summed E-state index contributed by atoms with van der Waals surface area (Å²) in [6.45, 7) is -0.163. The highest BCUT2D eigenvalue weighted by Crippen LogP contribution is 2.18. The first kappa shape index (κ1) is 17.9. The first-order valence-corrected chi connectivity index (χ1v) is 6.93. The third kappa shape index (κ3) is 6.09. The van der Waals surface area contributed by atoms with Crippen LogP contribution in [-0.2, 0) is 16.0 Å². The van der Waals surface area contributed by atoms with E-state index >= 15 is 0 Å². The third-order valence-electron chi connectivity index (χ3n) is 3.16. The number of benzene rings is 1. The molecule has 1 aromatic rings. The summed E-state index contributed by atoms with van der Waals surface area (Å²) in [4.78, 5) is 21.9. The van der Waals surface area contributed by atoms with E-state index in [2.05, 4.69) is 0 Å². The Hall–Kier alpha value is -2.15. The second kappa shape index (κ2) is 8.99. The lowest BCUT2D eigenvalue weighted by Crippen LogP contribution is -2.35. The van der Waals surface area contributed by atoms with Crippen LogP contribution in [0.15, 0.2) is 24.3 Å². The minimum Gasteiger partial charge on any atom is -0.494 e. The van der Waals surface area contributed by atoms with E-state index < -0.39 is 30.6 Å². The lowest BCUT2D eigenvalue weighted by atomic mass is 9.93. The second-order valence-electron chi connectivity index (χ2n) is 4.95. The van der Waals surface area contributed by atoms with E-state index in [4.69, 9.17) is 20.7 Å². The Bertz CT molecular complexity index is 491. The fourth-order valence-corrected chi connectivity index (χ4v) is 1.93. The number of halogens is 1. The molecule has 0 radical (unpaired) electrons. The summed E-state index contributed by atoms with van der Waals surface area (Å²) in [6.07, 6.45) is 0.358. The van der Waals surface area contributed by atoms with Crippen LogP contribution in [0.1, 0.15) is 18.4 Å². The van der Waals surface area contributed by atoms with Crippen LogP contribution in [0.4, 0.5) is 4.39 Å². The van der Waals surface area contributed by atoms with Crippen molar-refractivity contribution in [1.82, 2.24) is 0 Å². The van der Waals surface area contributed by atoms with Crippen LogP contribution in [0.2, 0.25) is 0 Å². The Labute approximate surface area is 127 Å². The summed E-state index contributed by atoms with van der Waals surface area (Å²) in [6, 6.07) is 5.54. The Kier molecular flexibility index (Phi) is 7.31. The second-order valence-corrected chi connectivity index (χ2v) is 4.95. The SMILES string of the molecule is N[C@@H](CC(Cc1ccc(OCCCF)cc1)C(=O)O)C(=O)O. The lowest BCUT2D eigenvalue weighted by molar-refractivity contribution is -0.143. The molecule has 0 heterocycles. The average molecular weight is 313 g/mol. The molecule has 0 aliphatic carbocycles. The Morgan fingerprint density at radius 2 is 1.82 bits per heavy atom. The zero-order chi connectivity index (χ0) is 16.5. The number of ether oxygens (including phenoxy) is 1. The summed E-state index contributed by atoms with van der Waals surface area (Å²) in [5.41, 5.74) is 6.13. The van der Waals surface area contributed by atoms with Gasteiger partial charge in [-0.1, -0.05) is 12.1 Å². The molecule has 1 unspecified atom stereocenters. The largest absolute Gasteiger partial charge is 0.494 e. The number of hydrogen-bond donors (Lipinski definition) is 3. The average Bonchev–Trinajstić information content (AvgIpc) is 2.48. The van der Waals surface area contributed by atoms with Crippen LogP contribution < -0.4 is 10.5 Å². The number of carbonyl (C=O) groups is 2. The molecular weight excluding hydrogens is 293 g/mol. The fourth-order valence-electron chi connectivity index (χ4n) is 1.93. The molecule has 0 aliphatic heterocycles. The van der Waals surface area contributed by atoms with Crippen LogP contribution in [0.25, 0.3) is 0 Å². The van der Waals surface area contributed by atoms with Crippen molar-refractivity contribution in [2.75, 3.05) is 13.3 Å². The van der Waals surface area contributed by atoms with Crippen LogP contribution in [0.5, 0.6) is 5.75 Å². The number of carboxylic acids is 2. The van der Waals surface area contributed by atoms with Gasteiger partial charge >= 0.3 is 11.9 Å². The molecule has 0 spiro atoms. The summed E-state index contributed by atoms with van der Waals surface area (Å²) < 4.78 is 17.2. The monoisotopic (exact) mass is 313 g/mol. The van der Waals surface area contributed by atoms with E-state index in [0.29, 0.717) is 12.2 Å². The van der Waals surface area contributed by atoms with Gasteiger partial charge in [0.2, 0.25) is 0 Å². The number of hydrogen-bond acceptors (Lipinski definition) is 4. The standard InChI is InChI=1S/C15H20FNO5/c16-6-1-7-22-12-4-2-10(3-5-12)8-11(14(18)19)9-13(17)15(20)21/h2-5,11,13H,1,6-9,17H2,(H,18,19)(H,20,21)/t11?,13-/m0/s1. The van der Waals surface area contributed by atoms with Crippen LogP contribution in [0.3, 0.4) is 0 Å².